The SMILES string of the molecule is CSCc1nnc([S])s1. The lowest BCUT2D eigenvalue weighted by Crippen LogP contribution is -1.75. The number of nitrogens with zero attached hydrogens (tertiary/aromatic N) is 2. The van der Waals surface area contributed by atoms with Crippen molar-refractivity contribution in [3.8, 4) is 0 Å². The fourth-order valence-corrected chi connectivity index (χ4v) is 2.01. The van der Waals surface area contributed by atoms with Gasteiger partial charge < -0.3 is 0 Å². The Kier molecular flexibility index (Phi) is 2.68. The van der Waals surface area contributed by atoms with E-state index in [2.05, 4.69) is 10.2 Å². The summed E-state index contributed by atoms with van der Waals surface area (Å²) in [6.07, 6.45) is 2.03. The molecule has 0 aliphatic carbocycles. The van der Waals surface area contributed by atoms with E-state index in [1.807, 2.05) is 6.26 Å². The second kappa shape index (κ2) is 3.34. The first kappa shape index (κ1) is 7.24. The van der Waals surface area contributed by atoms with Gasteiger partial charge in [0.2, 0.25) is 4.34 Å². The van der Waals surface area contributed by atoms with Crippen molar-refractivity contribution in [2.45, 2.75) is 10.1 Å². The third-order valence-corrected chi connectivity index (χ3v) is 2.51. The van der Waals surface area contributed by atoms with Gasteiger partial charge in [-0.15, -0.1) is 10.2 Å². The van der Waals surface area contributed by atoms with Crippen molar-refractivity contribution in [1.29, 1.82) is 0 Å². The van der Waals surface area contributed by atoms with Gasteiger partial charge in [0, 0.05) is 5.75 Å². The van der Waals surface area contributed by atoms with E-state index >= 15 is 0 Å². The van der Waals surface area contributed by atoms with Crippen LogP contribution in [0.3, 0.4) is 0 Å². The highest BCUT2D eigenvalue weighted by Crippen LogP contribution is 2.16. The molecule has 0 amide bonds. The van der Waals surface area contributed by atoms with Gasteiger partial charge in [-0.2, -0.15) is 11.8 Å². The third-order valence-electron chi connectivity index (χ3n) is 0.716. The van der Waals surface area contributed by atoms with Crippen molar-refractivity contribution in [1.82, 2.24) is 10.2 Å². The van der Waals surface area contributed by atoms with E-state index in [-0.39, 0.29) is 0 Å². The second-order valence-electron chi connectivity index (χ2n) is 1.39. The summed E-state index contributed by atoms with van der Waals surface area (Å²) < 4.78 is 0.638. The molecule has 0 saturated heterocycles. The monoisotopic (exact) mass is 177 g/mol. The first-order chi connectivity index (χ1) is 4.33. The maximum Gasteiger partial charge on any atom is 0.204 e. The molecule has 49 valence electrons. The summed E-state index contributed by atoms with van der Waals surface area (Å²) >= 11 is 8.00. The summed E-state index contributed by atoms with van der Waals surface area (Å²) in [4.78, 5) is 0. The maximum absolute atomic E-state index is 4.78. The molecule has 0 aliphatic rings. The smallest absolute Gasteiger partial charge is 0.158 e. The van der Waals surface area contributed by atoms with E-state index < -0.39 is 0 Å². The van der Waals surface area contributed by atoms with Gasteiger partial charge in [-0.3, -0.25) is 0 Å². The minimum atomic E-state index is 0.638. The third kappa shape index (κ3) is 2.08. The van der Waals surface area contributed by atoms with E-state index in [1.54, 1.807) is 11.8 Å². The molecule has 0 N–H and O–H groups in total. The van der Waals surface area contributed by atoms with Crippen LogP contribution >= 0.6 is 35.7 Å². The van der Waals surface area contributed by atoms with Gasteiger partial charge in [0.05, 0.1) is 0 Å². The Labute approximate surface area is 67.5 Å². The van der Waals surface area contributed by atoms with Crippen molar-refractivity contribution >= 4 is 35.7 Å². The van der Waals surface area contributed by atoms with Gasteiger partial charge in [0.15, 0.2) is 0 Å². The Morgan fingerprint density at radius 3 is 2.89 bits per heavy atom. The molecule has 0 bridgehead atoms. The summed E-state index contributed by atoms with van der Waals surface area (Å²) in [7, 11) is 0. The Bertz CT molecular complexity index is 186. The first-order valence-electron chi connectivity index (χ1n) is 2.31. The Morgan fingerprint density at radius 2 is 2.44 bits per heavy atom. The van der Waals surface area contributed by atoms with Crippen LogP contribution < -0.4 is 0 Å². The average molecular weight is 177 g/mol. The Morgan fingerprint density at radius 1 is 1.67 bits per heavy atom. The van der Waals surface area contributed by atoms with Crippen molar-refractivity contribution in [2.75, 3.05) is 6.26 Å². The zero-order valence-corrected chi connectivity index (χ0v) is 7.28. The molecular weight excluding hydrogens is 172 g/mol. The van der Waals surface area contributed by atoms with Crippen LogP contribution in [0, 0.1) is 0 Å². The minimum absolute atomic E-state index is 0.638. The molecule has 1 rings (SSSR count). The largest absolute Gasteiger partial charge is 0.204 e. The van der Waals surface area contributed by atoms with Crippen molar-refractivity contribution < 1.29 is 0 Å². The lowest BCUT2D eigenvalue weighted by Gasteiger charge is -1.83. The van der Waals surface area contributed by atoms with Crippen molar-refractivity contribution in [3.63, 3.8) is 0 Å². The van der Waals surface area contributed by atoms with Gasteiger partial charge in [-0.25, -0.2) is 0 Å². The Hall–Kier alpha value is 0.130. The molecule has 0 aliphatic heterocycles. The van der Waals surface area contributed by atoms with Crippen LogP contribution in [-0.2, 0) is 5.75 Å². The van der Waals surface area contributed by atoms with E-state index in [0.717, 1.165) is 10.8 Å². The molecule has 0 fully saturated rings. The van der Waals surface area contributed by atoms with Crippen LogP contribution in [0.25, 0.3) is 0 Å². The fourth-order valence-electron chi connectivity index (χ4n) is 0.420. The lowest BCUT2D eigenvalue weighted by molar-refractivity contribution is 0.982. The molecule has 5 heteroatoms. The average Bonchev–Trinajstić information content (AvgIpc) is 2.17. The highest BCUT2D eigenvalue weighted by molar-refractivity contribution is 7.97. The predicted octanol–water partition coefficient (Wildman–Crippen LogP) is 1.96. The van der Waals surface area contributed by atoms with Crippen LogP contribution in [0.2, 0.25) is 0 Å². The predicted molar refractivity (Wildman–Crippen MR) is 43.0 cm³/mol. The van der Waals surface area contributed by atoms with Gasteiger partial charge in [-0.05, 0) is 18.9 Å². The molecule has 0 atom stereocenters. The van der Waals surface area contributed by atoms with Gasteiger partial charge in [0.25, 0.3) is 0 Å². The van der Waals surface area contributed by atoms with Crippen LogP contribution in [0.15, 0.2) is 4.34 Å². The Balaban J connectivity index is 2.61. The summed E-state index contributed by atoms with van der Waals surface area (Å²) in [5, 5.41) is 8.58. The second-order valence-corrected chi connectivity index (χ2v) is 3.97. The van der Waals surface area contributed by atoms with E-state index in [4.69, 9.17) is 12.6 Å². The molecule has 0 unspecified atom stereocenters. The van der Waals surface area contributed by atoms with Crippen LogP contribution in [0.5, 0.6) is 0 Å². The van der Waals surface area contributed by atoms with E-state index in [1.165, 1.54) is 11.3 Å². The number of hydrogen-bond acceptors (Lipinski definition) is 4. The summed E-state index contributed by atoms with van der Waals surface area (Å²) in [5.41, 5.74) is 0. The molecule has 0 aromatic carbocycles. The zero-order valence-electron chi connectivity index (χ0n) is 4.83. The summed E-state index contributed by atoms with van der Waals surface area (Å²) in [5.74, 6) is 0.925. The minimum Gasteiger partial charge on any atom is -0.158 e. The lowest BCUT2D eigenvalue weighted by atomic mass is 10.9. The number of rotatable bonds is 2. The van der Waals surface area contributed by atoms with Gasteiger partial charge >= 0.3 is 0 Å². The number of aromatic nitrogens is 2. The normalized spacial score (nSPS) is 9.89. The van der Waals surface area contributed by atoms with Gasteiger partial charge in [-0.1, -0.05) is 11.3 Å². The topological polar surface area (TPSA) is 25.8 Å². The van der Waals surface area contributed by atoms with Crippen LogP contribution in [0.4, 0.5) is 0 Å². The van der Waals surface area contributed by atoms with E-state index in [9.17, 15) is 0 Å². The highest BCUT2D eigenvalue weighted by Gasteiger charge is 1.98. The molecule has 2 nitrogen and oxygen atoms in total. The van der Waals surface area contributed by atoms with Gasteiger partial charge in [0.1, 0.15) is 5.01 Å². The maximum atomic E-state index is 4.78. The molecule has 0 spiro atoms. The summed E-state index contributed by atoms with van der Waals surface area (Å²) in [6, 6.07) is 0. The zero-order chi connectivity index (χ0) is 6.69. The molecule has 0 saturated carbocycles. The number of hydrogen-bond donors (Lipinski definition) is 0. The van der Waals surface area contributed by atoms with Crippen LogP contribution in [-0.4, -0.2) is 16.5 Å². The van der Waals surface area contributed by atoms with Crippen molar-refractivity contribution in [3.05, 3.63) is 5.01 Å². The molecule has 1 aromatic rings. The quantitative estimate of drug-likeness (QED) is 0.690. The van der Waals surface area contributed by atoms with E-state index in [0.29, 0.717) is 4.34 Å². The fraction of sp³-hybridized carbons (Fsp3) is 0.500. The number of thioether (sulfide) groups is 1. The summed E-state index contributed by atoms with van der Waals surface area (Å²) in [6.45, 7) is 0. The first-order valence-corrected chi connectivity index (χ1v) is 4.93. The highest BCUT2D eigenvalue weighted by atomic mass is 32.2. The molecule has 1 heterocycles. The van der Waals surface area contributed by atoms with Crippen LogP contribution in [0.1, 0.15) is 5.01 Å². The molecule has 1 aromatic heterocycles. The molecule has 1 radical (unpaired) electrons. The standard InChI is InChI=1S/C4H5N2S3/c1-8-2-3-5-6-4(7)9-3/h2H2,1H3. The molecule has 9 heavy (non-hydrogen) atoms. The van der Waals surface area contributed by atoms with Crippen molar-refractivity contribution in [2.24, 2.45) is 0 Å². The molecular formula is C4H5N2S3.